The number of Topliss-reactive ketones (excluding diaryl/α,β-unsaturated/α-hetero) is 1. The van der Waals surface area contributed by atoms with E-state index in [2.05, 4.69) is 6.92 Å². The van der Waals surface area contributed by atoms with Gasteiger partial charge in [0.2, 0.25) is 0 Å². The number of hydrogen-bond donors (Lipinski definition) is 0. The van der Waals surface area contributed by atoms with Crippen molar-refractivity contribution in [1.82, 2.24) is 0 Å². The van der Waals surface area contributed by atoms with Gasteiger partial charge in [0.05, 0.1) is 0 Å². The molecule has 0 heterocycles. The number of ketones is 1. The third-order valence-electron chi connectivity index (χ3n) is 2.55. The summed E-state index contributed by atoms with van der Waals surface area (Å²) >= 11 is 0. The molecule has 16 heavy (non-hydrogen) atoms. The van der Waals surface area contributed by atoms with Gasteiger partial charge < -0.3 is 4.74 Å². The number of ether oxygens (including phenoxy) is 1. The molecule has 0 N–H and O–H groups in total. The Hall–Kier alpha value is -1.15. The smallest absolute Gasteiger partial charge is 0.165 e. The zero-order chi connectivity index (χ0) is 11.8. The summed E-state index contributed by atoms with van der Waals surface area (Å²) in [6.07, 6.45) is 1.83. The minimum Gasteiger partial charge on any atom is -0.381 e. The van der Waals surface area contributed by atoms with Crippen LogP contribution in [0.5, 0.6) is 0 Å². The maximum Gasteiger partial charge on any atom is 0.165 e. The fourth-order valence-corrected chi connectivity index (χ4v) is 1.52. The summed E-state index contributed by atoms with van der Waals surface area (Å²) in [5.74, 6) is 0.250. The lowest BCUT2D eigenvalue weighted by Gasteiger charge is -2.10. The first-order valence-corrected chi connectivity index (χ1v) is 5.92. The van der Waals surface area contributed by atoms with Crippen LogP contribution in [0, 0.1) is 5.92 Å². The summed E-state index contributed by atoms with van der Waals surface area (Å²) in [6, 6.07) is 9.45. The topological polar surface area (TPSA) is 26.3 Å². The summed E-state index contributed by atoms with van der Waals surface area (Å²) in [5.41, 5.74) is 0.797. The van der Waals surface area contributed by atoms with E-state index in [0.29, 0.717) is 6.61 Å². The van der Waals surface area contributed by atoms with Crippen LogP contribution in [-0.2, 0) is 4.74 Å². The van der Waals surface area contributed by atoms with E-state index in [1.807, 2.05) is 37.3 Å². The molecule has 0 radical (unpaired) electrons. The molecule has 0 aliphatic heterocycles. The average molecular weight is 220 g/mol. The molecule has 0 aromatic heterocycles. The Balaban J connectivity index is 2.37. The van der Waals surface area contributed by atoms with Gasteiger partial charge in [0.15, 0.2) is 5.78 Å². The second kappa shape index (κ2) is 7.18. The number of carbonyl (C=O) groups is 1. The van der Waals surface area contributed by atoms with Gasteiger partial charge in [-0.2, -0.15) is 0 Å². The van der Waals surface area contributed by atoms with E-state index in [1.54, 1.807) is 0 Å². The predicted molar refractivity (Wildman–Crippen MR) is 65.7 cm³/mol. The highest BCUT2D eigenvalue weighted by molar-refractivity contribution is 5.97. The van der Waals surface area contributed by atoms with Gasteiger partial charge in [-0.05, 0) is 12.8 Å². The first kappa shape index (κ1) is 12.9. The normalized spacial score (nSPS) is 12.4. The molecular weight excluding hydrogens is 200 g/mol. The fourth-order valence-electron chi connectivity index (χ4n) is 1.52. The van der Waals surface area contributed by atoms with E-state index < -0.39 is 0 Å². The van der Waals surface area contributed by atoms with Crippen LogP contribution in [-0.4, -0.2) is 19.0 Å². The van der Waals surface area contributed by atoms with Crippen molar-refractivity contribution >= 4 is 5.78 Å². The van der Waals surface area contributed by atoms with Crippen LogP contribution in [0.3, 0.4) is 0 Å². The average Bonchev–Trinajstić information content (AvgIpc) is 2.34. The van der Waals surface area contributed by atoms with Crippen LogP contribution < -0.4 is 0 Å². The summed E-state index contributed by atoms with van der Waals surface area (Å²) in [5, 5.41) is 0. The molecule has 1 aromatic carbocycles. The highest BCUT2D eigenvalue weighted by Crippen LogP contribution is 2.11. The molecule has 1 aromatic rings. The van der Waals surface area contributed by atoms with E-state index in [-0.39, 0.29) is 11.7 Å². The number of benzene rings is 1. The first-order valence-electron chi connectivity index (χ1n) is 5.92. The summed E-state index contributed by atoms with van der Waals surface area (Å²) in [6.45, 7) is 5.50. The maximum absolute atomic E-state index is 12.0. The molecule has 1 unspecified atom stereocenters. The maximum atomic E-state index is 12.0. The van der Waals surface area contributed by atoms with Gasteiger partial charge in [-0.3, -0.25) is 4.79 Å². The van der Waals surface area contributed by atoms with Crippen LogP contribution in [0.25, 0.3) is 0 Å². The van der Waals surface area contributed by atoms with Crippen molar-refractivity contribution in [1.29, 1.82) is 0 Å². The lowest BCUT2D eigenvalue weighted by Crippen LogP contribution is -2.13. The van der Waals surface area contributed by atoms with Crippen LogP contribution in [0.15, 0.2) is 30.3 Å². The number of hydrogen-bond acceptors (Lipinski definition) is 2. The van der Waals surface area contributed by atoms with Gasteiger partial charge in [-0.15, -0.1) is 0 Å². The Morgan fingerprint density at radius 2 is 1.94 bits per heavy atom. The van der Waals surface area contributed by atoms with Crippen molar-refractivity contribution in [2.75, 3.05) is 13.2 Å². The lowest BCUT2D eigenvalue weighted by atomic mass is 9.97. The van der Waals surface area contributed by atoms with E-state index >= 15 is 0 Å². The predicted octanol–water partition coefficient (Wildman–Crippen LogP) is 3.32. The van der Waals surface area contributed by atoms with Gasteiger partial charge in [0, 0.05) is 24.7 Å². The van der Waals surface area contributed by atoms with E-state index in [4.69, 9.17) is 4.74 Å². The van der Waals surface area contributed by atoms with Crippen LogP contribution in [0.4, 0.5) is 0 Å². The Morgan fingerprint density at radius 1 is 1.25 bits per heavy atom. The first-order chi connectivity index (χ1) is 7.75. The summed E-state index contributed by atoms with van der Waals surface area (Å²) in [4.78, 5) is 12.0. The molecule has 0 saturated carbocycles. The SMILES string of the molecule is CCCOCCC(C)C(=O)c1ccccc1. The van der Waals surface area contributed by atoms with E-state index in [1.165, 1.54) is 0 Å². The van der Waals surface area contributed by atoms with Crippen molar-refractivity contribution < 1.29 is 9.53 Å². The Labute approximate surface area is 97.6 Å². The summed E-state index contributed by atoms with van der Waals surface area (Å²) in [7, 11) is 0. The lowest BCUT2D eigenvalue weighted by molar-refractivity contribution is 0.0854. The molecule has 88 valence electrons. The number of rotatable bonds is 7. The van der Waals surface area contributed by atoms with Crippen molar-refractivity contribution in [3.63, 3.8) is 0 Å². The van der Waals surface area contributed by atoms with Crippen LogP contribution in [0.1, 0.15) is 37.0 Å². The minimum atomic E-state index is 0.0410. The molecule has 1 atom stereocenters. The molecule has 0 bridgehead atoms. The van der Waals surface area contributed by atoms with E-state index in [0.717, 1.165) is 25.0 Å². The quantitative estimate of drug-likeness (QED) is 0.520. The van der Waals surface area contributed by atoms with Gasteiger partial charge in [-0.1, -0.05) is 44.2 Å². The molecule has 0 spiro atoms. The van der Waals surface area contributed by atoms with Gasteiger partial charge in [0.25, 0.3) is 0 Å². The molecule has 0 aliphatic carbocycles. The zero-order valence-corrected chi connectivity index (χ0v) is 10.1. The fraction of sp³-hybridized carbons (Fsp3) is 0.500. The molecule has 1 rings (SSSR count). The molecule has 0 amide bonds. The van der Waals surface area contributed by atoms with Crippen LogP contribution >= 0.6 is 0 Å². The van der Waals surface area contributed by atoms with E-state index in [9.17, 15) is 4.79 Å². The van der Waals surface area contributed by atoms with Crippen LogP contribution in [0.2, 0.25) is 0 Å². The van der Waals surface area contributed by atoms with Crippen molar-refractivity contribution in [3.05, 3.63) is 35.9 Å². The van der Waals surface area contributed by atoms with Crippen molar-refractivity contribution in [2.45, 2.75) is 26.7 Å². The second-order valence-corrected chi connectivity index (χ2v) is 4.03. The summed E-state index contributed by atoms with van der Waals surface area (Å²) < 4.78 is 5.39. The standard InChI is InChI=1S/C14H20O2/c1-3-10-16-11-9-12(2)14(15)13-7-5-4-6-8-13/h4-8,12H,3,9-11H2,1-2H3. The third kappa shape index (κ3) is 4.15. The molecular formula is C14H20O2. The van der Waals surface area contributed by atoms with Gasteiger partial charge in [-0.25, -0.2) is 0 Å². The van der Waals surface area contributed by atoms with Gasteiger partial charge in [0.1, 0.15) is 0 Å². The van der Waals surface area contributed by atoms with Gasteiger partial charge >= 0.3 is 0 Å². The molecule has 2 nitrogen and oxygen atoms in total. The Morgan fingerprint density at radius 3 is 2.56 bits per heavy atom. The third-order valence-corrected chi connectivity index (χ3v) is 2.55. The van der Waals surface area contributed by atoms with Crippen molar-refractivity contribution in [3.8, 4) is 0 Å². The molecule has 0 aliphatic rings. The largest absolute Gasteiger partial charge is 0.381 e. The Bertz CT molecular complexity index is 306. The number of carbonyl (C=O) groups excluding carboxylic acids is 1. The highest BCUT2D eigenvalue weighted by atomic mass is 16.5. The zero-order valence-electron chi connectivity index (χ0n) is 10.1. The molecule has 0 fully saturated rings. The second-order valence-electron chi connectivity index (χ2n) is 4.03. The molecule has 2 heteroatoms. The minimum absolute atomic E-state index is 0.0410. The Kier molecular flexibility index (Phi) is 5.79. The van der Waals surface area contributed by atoms with Crippen molar-refractivity contribution in [2.24, 2.45) is 5.92 Å². The highest BCUT2D eigenvalue weighted by Gasteiger charge is 2.14. The monoisotopic (exact) mass is 220 g/mol. The molecule has 0 saturated heterocycles.